The van der Waals surface area contributed by atoms with Gasteiger partial charge in [0.05, 0.1) is 6.10 Å². The van der Waals surface area contributed by atoms with E-state index in [0.29, 0.717) is 0 Å². The predicted molar refractivity (Wildman–Crippen MR) is 70.7 cm³/mol. The van der Waals surface area contributed by atoms with Crippen molar-refractivity contribution in [2.75, 3.05) is 40.3 Å². The van der Waals surface area contributed by atoms with Crippen LogP contribution < -0.4 is 0 Å². The van der Waals surface area contributed by atoms with Crippen LogP contribution >= 0.6 is 0 Å². The third-order valence-corrected chi connectivity index (χ3v) is 3.17. The average Bonchev–Trinajstić information content (AvgIpc) is 2.13. The number of likely N-dealkylation sites (N-methyl/N-ethyl adjacent to an activating group) is 1. The number of hydrogen-bond donors (Lipinski definition) is 1. The molecule has 0 saturated heterocycles. The van der Waals surface area contributed by atoms with E-state index in [1.54, 1.807) is 0 Å². The molecule has 3 heteroatoms. The third-order valence-electron chi connectivity index (χ3n) is 3.17. The van der Waals surface area contributed by atoms with E-state index in [1.807, 2.05) is 6.92 Å². The normalized spacial score (nSPS) is 14.8. The largest absolute Gasteiger partial charge is 0.393 e. The maximum absolute atomic E-state index is 9.74. The summed E-state index contributed by atoms with van der Waals surface area (Å²) in [5.41, 5.74) is -0.0263. The zero-order valence-electron chi connectivity index (χ0n) is 12.0. The molecule has 0 fully saturated rings. The Hall–Kier alpha value is -0.120. The fourth-order valence-corrected chi connectivity index (χ4v) is 1.64. The van der Waals surface area contributed by atoms with E-state index in [-0.39, 0.29) is 11.5 Å². The number of hydrogen-bond acceptors (Lipinski definition) is 3. The summed E-state index contributed by atoms with van der Waals surface area (Å²) in [7, 11) is 4.20. The van der Waals surface area contributed by atoms with Gasteiger partial charge < -0.3 is 14.9 Å². The van der Waals surface area contributed by atoms with Crippen LogP contribution in [0, 0.1) is 5.41 Å². The summed E-state index contributed by atoms with van der Waals surface area (Å²) in [6.45, 7) is 12.6. The van der Waals surface area contributed by atoms with Crippen LogP contribution in [-0.2, 0) is 0 Å². The van der Waals surface area contributed by atoms with Gasteiger partial charge in [0.2, 0.25) is 0 Å². The van der Waals surface area contributed by atoms with Gasteiger partial charge in [-0.25, -0.2) is 0 Å². The van der Waals surface area contributed by atoms with E-state index in [1.165, 1.54) is 6.42 Å². The molecule has 1 N–H and O–H groups in total. The van der Waals surface area contributed by atoms with Gasteiger partial charge in [0.15, 0.2) is 0 Å². The lowest BCUT2D eigenvalue weighted by molar-refractivity contribution is 0.0329. The Kier molecular flexibility index (Phi) is 7.20. The molecule has 0 aromatic carbocycles. The summed E-state index contributed by atoms with van der Waals surface area (Å²) in [5.74, 6) is 0. The van der Waals surface area contributed by atoms with Crippen molar-refractivity contribution in [2.24, 2.45) is 5.41 Å². The lowest BCUT2D eigenvalue weighted by Crippen LogP contribution is -2.43. The maximum atomic E-state index is 9.74. The summed E-state index contributed by atoms with van der Waals surface area (Å²) in [4.78, 5) is 4.66. The van der Waals surface area contributed by atoms with E-state index >= 15 is 0 Å². The molecule has 0 aromatic rings. The first-order chi connectivity index (χ1) is 7.29. The van der Waals surface area contributed by atoms with Gasteiger partial charge in [-0.2, -0.15) is 0 Å². The molecule has 98 valence electrons. The van der Waals surface area contributed by atoms with Crippen molar-refractivity contribution < 1.29 is 5.11 Å². The first-order valence-electron chi connectivity index (χ1n) is 6.34. The first-order valence-corrected chi connectivity index (χ1v) is 6.34. The summed E-state index contributed by atoms with van der Waals surface area (Å²) in [5, 5.41) is 9.74. The molecular weight excluding hydrogens is 200 g/mol. The number of aliphatic hydroxyl groups is 1. The van der Waals surface area contributed by atoms with Crippen LogP contribution in [0.2, 0.25) is 0 Å². The van der Waals surface area contributed by atoms with E-state index in [4.69, 9.17) is 0 Å². The minimum Gasteiger partial charge on any atom is -0.393 e. The minimum absolute atomic E-state index is 0.0263. The monoisotopic (exact) mass is 230 g/mol. The molecule has 0 spiro atoms. The van der Waals surface area contributed by atoms with E-state index in [9.17, 15) is 5.11 Å². The second kappa shape index (κ2) is 7.25. The second-order valence-electron chi connectivity index (χ2n) is 5.74. The Morgan fingerprint density at radius 3 is 2.06 bits per heavy atom. The fraction of sp³-hybridized carbons (Fsp3) is 1.00. The van der Waals surface area contributed by atoms with Crippen molar-refractivity contribution in [3.63, 3.8) is 0 Å². The van der Waals surface area contributed by atoms with Crippen LogP contribution in [-0.4, -0.2) is 61.3 Å². The quantitative estimate of drug-likeness (QED) is 0.687. The van der Waals surface area contributed by atoms with E-state index in [0.717, 1.165) is 26.2 Å². The van der Waals surface area contributed by atoms with Crippen LogP contribution in [0.15, 0.2) is 0 Å². The first kappa shape index (κ1) is 15.9. The molecule has 0 aliphatic heterocycles. The lowest BCUT2D eigenvalue weighted by atomic mass is 9.87. The van der Waals surface area contributed by atoms with Crippen molar-refractivity contribution in [1.82, 2.24) is 9.80 Å². The zero-order valence-corrected chi connectivity index (χ0v) is 12.0. The summed E-state index contributed by atoms with van der Waals surface area (Å²) >= 11 is 0. The van der Waals surface area contributed by atoms with Gasteiger partial charge >= 0.3 is 0 Å². The van der Waals surface area contributed by atoms with Crippen molar-refractivity contribution in [1.29, 1.82) is 0 Å². The highest BCUT2D eigenvalue weighted by Gasteiger charge is 2.26. The third kappa shape index (κ3) is 6.46. The molecule has 0 aliphatic rings. The zero-order chi connectivity index (χ0) is 12.8. The molecule has 0 rings (SSSR count). The highest BCUT2D eigenvalue weighted by Crippen LogP contribution is 2.21. The van der Waals surface area contributed by atoms with Crippen LogP contribution in [0.5, 0.6) is 0 Å². The number of rotatable bonds is 8. The van der Waals surface area contributed by atoms with Gasteiger partial charge in [-0.3, -0.25) is 0 Å². The van der Waals surface area contributed by atoms with Gasteiger partial charge in [-0.15, -0.1) is 0 Å². The Labute approximate surface area is 101 Å². The predicted octanol–water partition coefficient (Wildman–Crippen LogP) is 1.67. The number of aliphatic hydroxyl groups excluding tert-OH is 1. The molecule has 0 amide bonds. The maximum Gasteiger partial charge on any atom is 0.0575 e. The molecule has 1 atom stereocenters. The molecule has 0 saturated carbocycles. The van der Waals surface area contributed by atoms with E-state index < -0.39 is 0 Å². The average molecular weight is 230 g/mol. The van der Waals surface area contributed by atoms with Crippen LogP contribution in [0.3, 0.4) is 0 Å². The van der Waals surface area contributed by atoms with Gasteiger partial charge in [0.25, 0.3) is 0 Å². The molecule has 3 nitrogen and oxygen atoms in total. The highest BCUT2D eigenvalue weighted by molar-refractivity contribution is 4.79. The Bertz CT molecular complexity index is 179. The van der Waals surface area contributed by atoms with Crippen LogP contribution in [0.1, 0.15) is 34.1 Å². The van der Waals surface area contributed by atoms with Crippen molar-refractivity contribution in [3.8, 4) is 0 Å². The standard InChI is InChI=1S/C13H30N2O/c1-7-8-15(10-9-14(5)6)11-13(3,4)12(2)16/h12,16H,7-11H2,1-6H3. The summed E-state index contributed by atoms with van der Waals surface area (Å²) < 4.78 is 0. The lowest BCUT2D eigenvalue weighted by Gasteiger charge is -2.35. The van der Waals surface area contributed by atoms with Crippen molar-refractivity contribution in [3.05, 3.63) is 0 Å². The molecule has 0 heterocycles. The number of nitrogens with zero attached hydrogens (tertiary/aromatic N) is 2. The van der Waals surface area contributed by atoms with Gasteiger partial charge in [-0.1, -0.05) is 20.8 Å². The van der Waals surface area contributed by atoms with Gasteiger partial charge in [0.1, 0.15) is 0 Å². The Morgan fingerprint density at radius 2 is 1.69 bits per heavy atom. The topological polar surface area (TPSA) is 26.7 Å². The molecule has 16 heavy (non-hydrogen) atoms. The highest BCUT2D eigenvalue weighted by atomic mass is 16.3. The Morgan fingerprint density at radius 1 is 1.12 bits per heavy atom. The van der Waals surface area contributed by atoms with Crippen molar-refractivity contribution >= 4 is 0 Å². The van der Waals surface area contributed by atoms with Crippen LogP contribution in [0.25, 0.3) is 0 Å². The van der Waals surface area contributed by atoms with Gasteiger partial charge in [-0.05, 0) is 34.0 Å². The summed E-state index contributed by atoms with van der Waals surface area (Å²) in [6.07, 6.45) is 0.912. The van der Waals surface area contributed by atoms with E-state index in [2.05, 4.69) is 44.7 Å². The molecule has 0 bridgehead atoms. The molecule has 1 unspecified atom stereocenters. The second-order valence-corrected chi connectivity index (χ2v) is 5.74. The molecular formula is C13H30N2O. The smallest absolute Gasteiger partial charge is 0.0575 e. The Balaban J connectivity index is 4.21. The van der Waals surface area contributed by atoms with Crippen LogP contribution in [0.4, 0.5) is 0 Å². The SMILES string of the molecule is CCCN(CCN(C)C)CC(C)(C)C(C)O. The fourth-order valence-electron chi connectivity index (χ4n) is 1.64. The molecule has 0 radical (unpaired) electrons. The molecule has 0 aliphatic carbocycles. The van der Waals surface area contributed by atoms with Gasteiger partial charge in [0, 0.05) is 25.0 Å². The minimum atomic E-state index is -0.258. The van der Waals surface area contributed by atoms with Crippen molar-refractivity contribution in [2.45, 2.75) is 40.2 Å². The summed E-state index contributed by atoms with van der Waals surface area (Å²) in [6, 6.07) is 0. The molecule has 0 aromatic heterocycles.